The highest BCUT2D eigenvalue weighted by Crippen LogP contribution is 2.44. The molecule has 2 aromatic carbocycles. The second kappa shape index (κ2) is 7.45. The Labute approximate surface area is 180 Å². The van der Waals surface area contributed by atoms with Gasteiger partial charge < -0.3 is 14.6 Å². The number of anilines is 1. The van der Waals surface area contributed by atoms with Crippen molar-refractivity contribution in [2.75, 3.05) is 11.7 Å². The standard InChI is InChI=1S/C23H14F2N2O5/c24-14-2-3-16(15(25)10-14)27-20(12-5-7-26-8-6-12)19(22(29)23(27)30)21(28)13-1-4-17-18(9-13)32-11-31-17/h1-10,20,28H,11H2/b21-19-. The number of pyridine rings is 1. The monoisotopic (exact) mass is 436 g/mol. The van der Waals surface area contributed by atoms with Crippen molar-refractivity contribution in [2.24, 2.45) is 0 Å². The summed E-state index contributed by atoms with van der Waals surface area (Å²) in [4.78, 5) is 30.8. The van der Waals surface area contributed by atoms with Crippen LogP contribution >= 0.6 is 0 Å². The maximum Gasteiger partial charge on any atom is 0.300 e. The molecule has 2 aliphatic rings. The molecule has 2 aliphatic heterocycles. The van der Waals surface area contributed by atoms with Gasteiger partial charge in [0.25, 0.3) is 11.7 Å². The number of aliphatic hydroxyl groups excluding tert-OH is 1. The molecule has 3 aromatic rings. The molecule has 32 heavy (non-hydrogen) atoms. The predicted molar refractivity (Wildman–Crippen MR) is 108 cm³/mol. The maximum absolute atomic E-state index is 14.6. The Morgan fingerprint density at radius 3 is 2.50 bits per heavy atom. The number of carbonyl (C=O) groups excluding carboxylic acids is 2. The fraction of sp³-hybridized carbons (Fsp3) is 0.0870. The van der Waals surface area contributed by atoms with Crippen LogP contribution in [0.3, 0.4) is 0 Å². The van der Waals surface area contributed by atoms with Crippen LogP contribution in [0.1, 0.15) is 17.2 Å². The lowest BCUT2D eigenvalue weighted by atomic mass is 9.95. The van der Waals surface area contributed by atoms with Crippen LogP contribution in [0.5, 0.6) is 11.5 Å². The number of amides is 1. The van der Waals surface area contributed by atoms with Gasteiger partial charge in [-0.15, -0.1) is 0 Å². The molecule has 5 rings (SSSR count). The highest BCUT2D eigenvalue weighted by atomic mass is 19.1. The molecule has 1 N–H and O–H groups in total. The second-order valence-corrected chi connectivity index (χ2v) is 7.11. The van der Waals surface area contributed by atoms with Gasteiger partial charge >= 0.3 is 0 Å². The zero-order chi connectivity index (χ0) is 22.4. The zero-order valence-corrected chi connectivity index (χ0v) is 16.3. The number of carbonyl (C=O) groups is 2. The third kappa shape index (κ3) is 3.06. The summed E-state index contributed by atoms with van der Waals surface area (Å²) >= 11 is 0. The Kier molecular flexibility index (Phi) is 4.58. The number of aromatic nitrogens is 1. The molecule has 160 valence electrons. The van der Waals surface area contributed by atoms with E-state index in [9.17, 15) is 23.5 Å². The van der Waals surface area contributed by atoms with Crippen molar-refractivity contribution < 1.29 is 33.0 Å². The van der Waals surface area contributed by atoms with Gasteiger partial charge in [-0.05, 0) is 48.0 Å². The minimum absolute atomic E-state index is 0.0186. The first-order valence-corrected chi connectivity index (χ1v) is 9.51. The van der Waals surface area contributed by atoms with Gasteiger partial charge in [0.2, 0.25) is 6.79 Å². The Balaban J connectivity index is 1.71. The number of Topliss-reactive ketones (excluding diaryl/α,β-unsaturated/α-hetero) is 1. The highest BCUT2D eigenvalue weighted by molar-refractivity contribution is 6.51. The Bertz CT molecular complexity index is 1290. The van der Waals surface area contributed by atoms with E-state index in [1.165, 1.54) is 36.7 Å². The summed E-state index contributed by atoms with van der Waals surface area (Å²) in [6.07, 6.45) is 2.88. The SMILES string of the molecule is O=C1C(=O)N(c2ccc(F)cc2F)C(c2ccncc2)/C1=C(/O)c1ccc2c(c1)OCO2. The van der Waals surface area contributed by atoms with Crippen LogP contribution in [0.2, 0.25) is 0 Å². The summed E-state index contributed by atoms with van der Waals surface area (Å²) in [5, 5.41) is 11.1. The van der Waals surface area contributed by atoms with E-state index in [2.05, 4.69) is 4.98 Å². The summed E-state index contributed by atoms with van der Waals surface area (Å²) in [5.41, 5.74) is 0.0833. The summed E-state index contributed by atoms with van der Waals surface area (Å²) < 4.78 is 38.7. The molecule has 0 saturated carbocycles. The van der Waals surface area contributed by atoms with Crippen LogP contribution in [0.4, 0.5) is 14.5 Å². The van der Waals surface area contributed by atoms with Gasteiger partial charge in [0.05, 0.1) is 17.3 Å². The maximum atomic E-state index is 14.6. The van der Waals surface area contributed by atoms with Gasteiger partial charge in [-0.1, -0.05) is 0 Å². The molecule has 1 fully saturated rings. The smallest absolute Gasteiger partial charge is 0.300 e. The number of halogens is 2. The van der Waals surface area contributed by atoms with E-state index in [0.717, 1.165) is 17.0 Å². The third-order valence-corrected chi connectivity index (χ3v) is 5.28. The van der Waals surface area contributed by atoms with Gasteiger partial charge in [-0.3, -0.25) is 19.5 Å². The number of benzene rings is 2. The number of rotatable bonds is 3. The Morgan fingerprint density at radius 2 is 1.75 bits per heavy atom. The van der Waals surface area contributed by atoms with E-state index in [4.69, 9.17) is 9.47 Å². The van der Waals surface area contributed by atoms with Crippen molar-refractivity contribution in [3.8, 4) is 11.5 Å². The van der Waals surface area contributed by atoms with Gasteiger partial charge in [0, 0.05) is 24.0 Å². The number of ketones is 1. The van der Waals surface area contributed by atoms with Crippen molar-refractivity contribution in [2.45, 2.75) is 6.04 Å². The molecule has 0 aliphatic carbocycles. The summed E-state index contributed by atoms with van der Waals surface area (Å²) in [5.74, 6) is -3.54. The zero-order valence-electron chi connectivity index (χ0n) is 16.3. The molecule has 0 spiro atoms. The molecule has 1 unspecified atom stereocenters. The Hall–Kier alpha value is -4.27. The van der Waals surface area contributed by atoms with E-state index in [-0.39, 0.29) is 23.6 Å². The quantitative estimate of drug-likeness (QED) is 0.383. The molecule has 0 radical (unpaired) electrons. The second-order valence-electron chi connectivity index (χ2n) is 7.11. The van der Waals surface area contributed by atoms with Crippen molar-refractivity contribution >= 4 is 23.1 Å². The van der Waals surface area contributed by atoms with Crippen molar-refractivity contribution in [3.05, 3.63) is 89.3 Å². The first kappa shape index (κ1) is 19.7. The van der Waals surface area contributed by atoms with Gasteiger partial charge in [-0.2, -0.15) is 0 Å². The van der Waals surface area contributed by atoms with Crippen LogP contribution < -0.4 is 14.4 Å². The fourth-order valence-corrected chi connectivity index (χ4v) is 3.82. The molecule has 1 amide bonds. The van der Waals surface area contributed by atoms with Gasteiger partial charge in [0.15, 0.2) is 11.5 Å². The topological polar surface area (TPSA) is 89.0 Å². The van der Waals surface area contributed by atoms with E-state index in [1.54, 1.807) is 6.07 Å². The molecule has 7 nitrogen and oxygen atoms in total. The number of fused-ring (bicyclic) bond motifs is 1. The molecular formula is C23H14F2N2O5. The molecule has 9 heteroatoms. The number of ether oxygens (including phenoxy) is 2. The molecular weight excluding hydrogens is 422 g/mol. The molecule has 1 aromatic heterocycles. The highest BCUT2D eigenvalue weighted by Gasteiger charge is 2.47. The van der Waals surface area contributed by atoms with E-state index >= 15 is 0 Å². The molecule has 0 bridgehead atoms. The first-order chi connectivity index (χ1) is 15.5. The summed E-state index contributed by atoms with van der Waals surface area (Å²) in [6, 6.07) is 9.15. The lowest BCUT2D eigenvalue weighted by molar-refractivity contribution is -0.132. The minimum Gasteiger partial charge on any atom is -0.507 e. The van der Waals surface area contributed by atoms with Crippen LogP contribution in [0.15, 0.2) is 66.5 Å². The molecule has 3 heterocycles. The van der Waals surface area contributed by atoms with Crippen LogP contribution in [-0.4, -0.2) is 28.6 Å². The lowest BCUT2D eigenvalue weighted by Gasteiger charge is -2.25. The van der Waals surface area contributed by atoms with Gasteiger partial charge in [-0.25, -0.2) is 8.78 Å². The van der Waals surface area contributed by atoms with Gasteiger partial charge in [0.1, 0.15) is 17.4 Å². The Morgan fingerprint density at radius 1 is 1.00 bits per heavy atom. The van der Waals surface area contributed by atoms with Crippen LogP contribution in [-0.2, 0) is 9.59 Å². The van der Waals surface area contributed by atoms with Crippen LogP contribution in [0, 0.1) is 11.6 Å². The van der Waals surface area contributed by atoms with E-state index in [0.29, 0.717) is 23.1 Å². The fourth-order valence-electron chi connectivity index (χ4n) is 3.82. The number of hydrogen-bond acceptors (Lipinski definition) is 6. The number of aliphatic hydroxyl groups is 1. The van der Waals surface area contributed by atoms with E-state index in [1.807, 2.05) is 0 Å². The summed E-state index contributed by atoms with van der Waals surface area (Å²) in [6.45, 7) is 0.0186. The summed E-state index contributed by atoms with van der Waals surface area (Å²) in [7, 11) is 0. The predicted octanol–water partition coefficient (Wildman–Crippen LogP) is 3.71. The largest absolute Gasteiger partial charge is 0.507 e. The number of nitrogens with zero attached hydrogens (tertiary/aromatic N) is 2. The van der Waals surface area contributed by atoms with Crippen molar-refractivity contribution in [1.82, 2.24) is 4.98 Å². The molecule has 1 atom stereocenters. The lowest BCUT2D eigenvalue weighted by Crippen LogP contribution is -2.30. The minimum atomic E-state index is -1.16. The average Bonchev–Trinajstić information content (AvgIpc) is 3.36. The first-order valence-electron chi connectivity index (χ1n) is 9.51. The van der Waals surface area contributed by atoms with Crippen molar-refractivity contribution in [1.29, 1.82) is 0 Å². The molecule has 1 saturated heterocycles. The average molecular weight is 436 g/mol. The third-order valence-electron chi connectivity index (χ3n) is 5.28. The van der Waals surface area contributed by atoms with Crippen molar-refractivity contribution in [3.63, 3.8) is 0 Å². The van der Waals surface area contributed by atoms with Crippen LogP contribution in [0.25, 0.3) is 5.76 Å². The van der Waals surface area contributed by atoms with E-state index < -0.39 is 35.1 Å². The number of hydrogen-bond donors (Lipinski definition) is 1. The normalized spacial score (nSPS) is 18.9.